The van der Waals surface area contributed by atoms with Crippen molar-refractivity contribution >= 4 is 23.2 Å². The van der Waals surface area contributed by atoms with Gasteiger partial charge in [0.1, 0.15) is 0 Å². The van der Waals surface area contributed by atoms with Gasteiger partial charge in [0.2, 0.25) is 11.8 Å². The van der Waals surface area contributed by atoms with Gasteiger partial charge in [0, 0.05) is 35.3 Å². The summed E-state index contributed by atoms with van der Waals surface area (Å²) in [7, 11) is 0. The fraction of sp³-hybridized carbons (Fsp3) is 0.588. The van der Waals surface area contributed by atoms with Gasteiger partial charge in [-0.05, 0) is 127 Å². The van der Waals surface area contributed by atoms with Crippen molar-refractivity contribution in [3.8, 4) is 0 Å². The number of hydrogen-bond acceptors (Lipinski definition) is 4. The first-order chi connectivity index (χ1) is 19.2. The summed E-state index contributed by atoms with van der Waals surface area (Å²) in [4.78, 5) is 30.0. The molecule has 0 bridgehead atoms. The highest BCUT2D eigenvalue weighted by molar-refractivity contribution is 5.93. The summed E-state index contributed by atoms with van der Waals surface area (Å²) in [5.41, 5.74) is 6.90. The van der Waals surface area contributed by atoms with Crippen LogP contribution in [-0.2, 0) is 9.59 Å². The van der Waals surface area contributed by atoms with E-state index in [1.165, 1.54) is 77.5 Å². The predicted molar refractivity (Wildman–Crippen MR) is 164 cm³/mol. The molecule has 2 aromatic rings. The quantitative estimate of drug-likeness (QED) is 0.435. The lowest BCUT2D eigenvalue weighted by molar-refractivity contribution is -0.119. The Morgan fingerprint density at radius 2 is 0.900 bits per heavy atom. The summed E-state index contributed by atoms with van der Waals surface area (Å²) in [5, 5.41) is 6.29. The number of nitrogens with one attached hydrogen (secondary N) is 2. The third kappa shape index (κ3) is 5.99. The van der Waals surface area contributed by atoms with E-state index < -0.39 is 0 Å². The van der Waals surface area contributed by atoms with Gasteiger partial charge >= 0.3 is 0 Å². The molecule has 0 radical (unpaired) electrons. The lowest BCUT2D eigenvalue weighted by atomic mass is 9.90. The number of rotatable bonds is 6. The lowest BCUT2D eigenvalue weighted by Gasteiger charge is -2.31. The number of amides is 2. The van der Waals surface area contributed by atoms with Crippen LogP contribution in [0.3, 0.4) is 0 Å². The Bertz CT molecular complexity index is 1080. The predicted octanol–water partition coefficient (Wildman–Crippen LogP) is 6.52. The van der Waals surface area contributed by atoms with Gasteiger partial charge in [0.25, 0.3) is 0 Å². The number of hydrogen-bond donors (Lipinski definition) is 2. The van der Waals surface area contributed by atoms with Crippen LogP contribution >= 0.6 is 0 Å². The van der Waals surface area contributed by atoms with Crippen LogP contribution in [0.5, 0.6) is 0 Å². The summed E-state index contributed by atoms with van der Waals surface area (Å²) in [6.45, 7) is 12.9. The number of fused-ring (bicyclic) bond motifs is 2. The number of benzene rings is 2. The van der Waals surface area contributed by atoms with Crippen LogP contribution in [0.15, 0.2) is 36.4 Å². The van der Waals surface area contributed by atoms with Crippen molar-refractivity contribution in [2.45, 2.75) is 103 Å². The Balaban J connectivity index is 0.000000161. The smallest absolute Gasteiger partial charge is 0.226 e. The third-order valence-electron chi connectivity index (χ3n) is 10.1. The van der Waals surface area contributed by atoms with Crippen LogP contribution in [0.1, 0.15) is 86.5 Å². The molecule has 0 aliphatic carbocycles. The molecule has 2 amide bonds. The minimum atomic E-state index is 0.167. The van der Waals surface area contributed by atoms with Gasteiger partial charge in [-0.2, -0.15) is 0 Å². The zero-order valence-corrected chi connectivity index (χ0v) is 25.1. The molecule has 6 nitrogen and oxygen atoms in total. The topological polar surface area (TPSA) is 64.7 Å². The molecule has 0 saturated carbocycles. The van der Waals surface area contributed by atoms with Gasteiger partial charge in [-0.25, -0.2) is 0 Å². The second kappa shape index (κ2) is 12.0. The number of nitrogens with zero attached hydrogens (tertiary/aromatic N) is 2. The largest absolute Gasteiger partial charge is 0.326 e. The van der Waals surface area contributed by atoms with Crippen LogP contribution in [0, 0.1) is 27.7 Å². The molecule has 4 fully saturated rings. The summed E-state index contributed by atoms with van der Waals surface area (Å²) < 4.78 is 0. The molecule has 2 aromatic carbocycles. The summed E-state index contributed by atoms with van der Waals surface area (Å²) in [5.74, 6) is 0.354. The number of carbonyl (C=O) groups excluding carboxylic acids is 2. The first-order valence-corrected chi connectivity index (χ1v) is 15.4. The Hall–Kier alpha value is -2.70. The molecular formula is C34H48N4O2. The van der Waals surface area contributed by atoms with E-state index in [4.69, 9.17) is 0 Å². The van der Waals surface area contributed by atoms with Crippen molar-refractivity contribution in [3.05, 3.63) is 58.7 Å². The van der Waals surface area contributed by atoms with Gasteiger partial charge in [-0.3, -0.25) is 19.4 Å². The minimum Gasteiger partial charge on any atom is -0.326 e. The standard InChI is InChI=1S/2C17H24N2O/c2*1-13-6-3-7-14(2)16(13)18-15(20)12-17-8-4-10-19(17)11-5-9-17/h2*3,6-7H,4-5,8-12H2,1-2H3,(H,18,20). The van der Waals surface area contributed by atoms with Gasteiger partial charge < -0.3 is 10.6 Å². The summed E-state index contributed by atoms with van der Waals surface area (Å²) >= 11 is 0. The van der Waals surface area contributed by atoms with Crippen molar-refractivity contribution in [2.24, 2.45) is 0 Å². The van der Waals surface area contributed by atoms with E-state index >= 15 is 0 Å². The highest BCUT2D eigenvalue weighted by atomic mass is 16.2. The first kappa shape index (κ1) is 28.8. The van der Waals surface area contributed by atoms with Crippen molar-refractivity contribution in [1.29, 1.82) is 0 Å². The molecule has 4 aliphatic heterocycles. The SMILES string of the molecule is Cc1cccc(C)c1NC(=O)CC12CCCN1CCC2.Cc1cccc(C)c1NC(=O)CC12CCCN1CCC2. The van der Waals surface area contributed by atoms with E-state index in [1.54, 1.807) is 0 Å². The van der Waals surface area contributed by atoms with Crippen molar-refractivity contribution < 1.29 is 9.59 Å². The van der Waals surface area contributed by atoms with E-state index in [2.05, 4.69) is 72.4 Å². The van der Waals surface area contributed by atoms with Crippen LogP contribution in [0.4, 0.5) is 11.4 Å². The van der Waals surface area contributed by atoms with E-state index in [0.717, 1.165) is 33.6 Å². The number of aryl methyl sites for hydroxylation is 4. The maximum atomic E-state index is 12.5. The molecule has 40 heavy (non-hydrogen) atoms. The second-order valence-electron chi connectivity index (χ2n) is 12.8. The first-order valence-electron chi connectivity index (χ1n) is 15.4. The summed E-state index contributed by atoms with van der Waals surface area (Å²) in [6.07, 6.45) is 11.0. The van der Waals surface area contributed by atoms with Crippen LogP contribution in [-0.4, -0.2) is 58.9 Å². The van der Waals surface area contributed by atoms with Crippen LogP contribution < -0.4 is 10.6 Å². The van der Waals surface area contributed by atoms with Gasteiger partial charge in [0.05, 0.1) is 0 Å². The zero-order valence-electron chi connectivity index (χ0n) is 25.1. The monoisotopic (exact) mass is 544 g/mol. The fourth-order valence-electron chi connectivity index (χ4n) is 8.02. The third-order valence-corrected chi connectivity index (χ3v) is 10.1. The molecule has 4 saturated heterocycles. The highest BCUT2D eigenvalue weighted by Crippen LogP contribution is 2.42. The van der Waals surface area contributed by atoms with Crippen molar-refractivity contribution in [3.63, 3.8) is 0 Å². The van der Waals surface area contributed by atoms with Crippen molar-refractivity contribution in [1.82, 2.24) is 9.80 Å². The van der Waals surface area contributed by atoms with Gasteiger partial charge in [0.15, 0.2) is 0 Å². The number of anilines is 2. The van der Waals surface area contributed by atoms with E-state index in [1.807, 2.05) is 12.1 Å². The van der Waals surface area contributed by atoms with Gasteiger partial charge in [-0.1, -0.05) is 36.4 Å². The molecular weight excluding hydrogens is 496 g/mol. The van der Waals surface area contributed by atoms with Crippen molar-refractivity contribution in [2.75, 3.05) is 36.8 Å². The second-order valence-corrected chi connectivity index (χ2v) is 12.8. The Morgan fingerprint density at radius 3 is 1.20 bits per heavy atom. The molecule has 2 N–H and O–H groups in total. The molecule has 216 valence electrons. The number of para-hydroxylation sites is 2. The number of carbonyl (C=O) groups is 2. The molecule has 0 unspecified atom stereocenters. The normalized spacial score (nSPS) is 20.9. The maximum Gasteiger partial charge on any atom is 0.226 e. The maximum absolute atomic E-state index is 12.5. The minimum absolute atomic E-state index is 0.167. The molecule has 4 aliphatic rings. The van der Waals surface area contributed by atoms with E-state index in [0.29, 0.717) is 12.8 Å². The lowest BCUT2D eigenvalue weighted by Crippen LogP contribution is -2.41. The Morgan fingerprint density at radius 1 is 0.600 bits per heavy atom. The van der Waals surface area contributed by atoms with E-state index in [-0.39, 0.29) is 22.9 Å². The fourth-order valence-corrected chi connectivity index (χ4v) is 8.02. The van der Waals surface area contributed by atoms with Crippen LogP contribution in [0.25, 0.3) is 0 Å². The van der Waals surface area contributed by atoms with Gasteiger partial charge in [-0.15, -0.1) is 0 Å². The zero-order chi connectivity index (χ0) is 28.3. The average molecular weight is 545 g/mol. The molecule has 0 spiro atoms. The Kier molecular flexibility index (Phi) is 8.67. The Labute approximate surface area is 240 Å². The molecule has 6 heteroatoms. The average Bonchev–Trinajstić information content (AvgIpc) is 3.65. The molecule has 0 aromatic heterocycles. The molecule has 4 heterocycles. The van der Waals surface area contributed by atoms with E-state index in [9.17, 15) is 9.59 Å². The van der Waals surface area contributed by atoms with Crippen LogP contribution in [0.2, 0.25) is 0 Å². The highest BCUT2D eigenvalue weighted by Gasteiger charge is 2.46. The molecule has 6 rings (SSSR count). The summed E-state index contributed by atoms with van der Waals surface area (Å²) in [6, 6.07) is 12.3. The molecule has 0 atom stereocenters.